The number of nitrogens with one attached hydrogen (secondary N) is 1. The third kappa shape index (κ3) is 6.02. The molecule has 0 unspecified atom stereocenters. The molecular weight excluding hydrogens is 322 g/mol. The Hall–Kier alpha value is -3.28. The van der Waals surface area contributed by atoms with E-state index < -0.39 is 11.9 Å². The molecule has 0 atom stereocenters. The Balaban J connectivity index is 1.77. The molecule has 0 bridgehead atoms. The van der Waals surface area contributed by atoms with Gasteiger partial charge in [0.05, 0.1) is 7.11 Å². The summed E-state index contributed by atoms with van der Waals surface area (Å²) in [6.07, 6.45) is 2.84. The lowest BCUT2D eigenvalue weighted by Gasteiger charge is -2.05. The summed E-state index contributed by atoms with van der Waals surface area (Å²) in [6, 6.07) is 14.0. The lowest BCUT2D eigenvalue weighted by Crippen LogP contribution is -2.29. The molecule has 2 N–H and O–H groups in total. The van der Waals surface area contributed by atoms with Crippen LogP contribution in [0.25, 0.3) is 6.08 Å². The monoisotopic (exact) mass is 341 g/mol. The summed E-state index contributed by atoms with van der Waals surface area (Å²) in [4.78, 5) is 23.3. The van der Waals surface area contributed by atoms with E-state index in [1.807, 2.05) is 30.3 Å². The number of hydrogen-bond donors (Lipinski definition) is 2. The topological polar surface area (TPSA) is 84.9 Å². The van der Waals surface area contributed by atoms with Gasteiger partial charge in [-0.05, 0) is 29.3 Å². The molecule has 0 aliphatic heterocycles. The average Bonchev–Trinajstić information content (AvgIpc) is 2.64. The zero-order chi connectivity index (χ0) is 18.1. The fraction of sp³-hybridized carbons (Fsp3) is 0.158. The van der Waals surface area contributed by atoms with E-state index in [4.69, 9.17) is 9.47 Å². The molecule has 130 valence electrons. The second kappa shape index (κ2) is 9.12. The summed E-state index contributed by atoms with van der Waals surface area (Å²) >= 11 is 0. The number of amides is 1. The van der Waals surface area contributed by atoms with Crippen LogP contribution < -0.4 is 10.1 Å². The Morgan fingerprint density at radius 2 is 1.92 bits per heavy atom. The van der Waals surface area contributed by atoms with Crippen LogP contribution in [-0.2, 0) is 20.9 Å². The predicted molar refractivity (Wildman–Crippen MR) is 92.9 cm³/mol. The van der Waals surface area contributed by atoms with Crippen LogP contribution in [0.15, 0.2) is 54.6 Å². The number of ether oxygens (including phenoxy) is 2. The highest BCUT2D eigenvalue weighted by molar-refractivity contribution is 5.93. The molecule has 0 aromatic heterocycles. The summed E-state index contributed by atoms with van der Waals surface area (Å²) < 4.78 is 10.1. The first-order valence-electron chi connectivity index (χ1n) is 7.61. The number of aromatic hydroxyl groups is 1. The molecule has 0 spiro atoms. The summed E-state index contributed by atoms with van der Waals surface area (Å²) in [5.41, 5.74) is 1.56. The average molecular weight is 341 g/mol. The van der Waals surface area contributed by atoms with Crippen molar-refractivity contribution >= 4 is 18.0 Å². The zero-order valence-electron chi connectivity index (χ0n) is 13.8. The van der Waals surface area contributed by atoms with Gasteiger partial charge in [-0.1, -0.05) is 36.4 Å². The Labute approximate surface area is 145 Å². The number of hydrogen-bond acceptors (Lipinski definition) is 5. The Morgan fingerprint density at radius 3 is 2.64 bits per heavy atom. The summed E-state index contributed by atoms with van der Waals surface area (Å²) in [5, 5.41) is 12.0. The summed E-state index contributed by atoms with van der Waals surface area (Å²) in [7, 11) is 1.44. The van der Waals surface area contributed by atoms with Crippen LogP contribution in [0, 0.1) is 0 Å². The zero-order valence-corrected chi connectivity index (χ0v) is 13.8. The highest BCUT2D eigenvalue weighted by Crippen LogP contribution is 2.26. The molecule has 2 aromatic carbocycles. The minimum absolute atomic E-state index is 0.0188. The van der Waals surface area contributed by atoms with Crippen molar-refractivity contribution < 1.29 is 24.2 Å². The highest BCUT2D eigenvalue weighted by Gasteiger charge is 2.05. The van der Waals surface area contributed by atoms with E-state index in [0.717, 1.165) is 5.56 Å². The Kier molecular flexibility index (Phi) is 6.59. The first-order chi connectivity index (χ1) is 12.1. The van der Waals surface area contributed by atoms with E-state index in [9.17, 15) is 14.7 Å². The number of esters is 1. The second-order valence-electron chi connectivity index (χ2n) is 5.13. The molecule has 6 heteroatoms. The molecule has 0 heterocycles. The number of phenolic OH excluding ortho intramolecular Hbond substituents is 1. The molecule has 0 aliphatic carbocycles. The van der Waals surface area contributed by atoms with Gasteiger partial charge in [0, 0.05) is 6.08 Å². The van der Waals surface area contributed by atoms with Gasteiger partial charge in [-0.25, -0.2) is 0 Å². The third-order valence-corrected chi connectivity index (χ3v) is 3.28. The maximum Gasteiger partial charge on any atom is 0.325 e. The van der Waals surface area contributed by atoms with Gasteiger partial charge in [0.15, 0.2) is 11.5 Å². The number of methoxy groups -OCH3 is 1. The van der Waals surface area contributed by atoms with E-state index in [-0.39, 0.29) is 18.9 Å². The first kappa shape index (κ1) is 18.1. The number of carbonyl (C=O) groups is 2. The minimum atomic E-state index is -0.517. The molecule has 2 rings (SSSR count). The number of rotatable bonds is 7. The van der Waals surface area contributed by atoms with Crippen LogP contribution in [0.3, 0.4) is 0 Å². The maximum atomic E-state index is 11.7. The molecule has 2 aromatic rings. The highest BCUT2D eigenvalue weighted by atomic mass is 16.5. The van der Waals surface area contributed by atoms with Crippen molar-refractivity contribution in [2.45, 2.75) is 6.61 Å². The SMILES string of the molecule is COc1cc(/C=C/C(=O)NCC(=O)OCc2ccccc2)ccc1O. The van der Waals surface area contributed by atoms with Crippen molar-refractivity contribution in [2.75, 3.05) is 13.7 Å². The molecule has 0 aliphatic rings. The van der Waals surface area contributed by atoms with E-state index in [1.165, 1.54) is 19.3 Å². The third-order valence-electron chi connectivity index (χ3n) is 3.28. The van der Waals surface area contributed by atoms with Crippen molar-refractivity contribution in [1.82, 2.24) is 5.32 Å². The lowest BCUT2D eigenvalue weighted by molar-refractivity contribution is -0.144. The van der Waals surface area contributed by atoms with Crippen LogP contribution in [0.1, 0.15) is 11.1 Å². The van der Waals surface area contributed by atoms with Gasteiger partial charge >= 0.3 is 5.97 Å². The fourth-order valence-corrected chi connectivity index (χ4v) is 1.98. The standard InChI is InChI=1S/C19H19NO5/c1-24-17-11-14(7-9-16(17)21)8-10-18(22)20-12-19(23)25-13-15-5-3-2-4-6-15/h2-11,21H,12-13H2,1H3,(H,20,22)/b10-8+. The van der Waals surface area contributed by atoms with Gasteiger partial charge in [-0.15, -0.1) is 0 Å². The molecular formula is C19H19NO5. The quantitative estimate of drug-likeness (QED) is 0.596. The van der Waals surface area contributed by atoms with Gasteiger partial charge in [-0.3, -0.25) is 9.59 Å². The largest absolute Gasteiger partial charge is 0.504 e. The molecule has 25 heavy (non-hydrogen) atoms. The maximum absolute atomic E-state index is 11.7. The summed E-state index contributed by atoms with van der Waals surface area (Å²) in [6.45, 7) is -0.0480. The fourth-order valence-electron chi connectivity index (χ4n) is 1.98. The Bertz CT molecular complexity index is 756. The smallest absolute Gasteiger partial charge is 0.325 e. The normalized spacial score (nSPS) is 10.4. The van der Waals surface area contributed by atoms with Crippen LogP contribution in [0.5, 0.6) is 11.5 Å². The number of benzene rings is 2. The van der Waals surface area contributed by atoms with Gasteiger partial charge in [0.1, 0.15) is 13.2 Å². The van der Waals surface area contributed by atoms with Gasteiger partial charge in [0.25, 0.3) is 0 Å². The number of phenols is 1. The number of carbonyl (C=O) groups excluding carboxylic acids is 2. The molecule has 0 fully saturated rings. The Morgan fingerprint density at radius 1 is 1.16 bits per heavy atom. The van der Waals surface area contributed by atoms with Gasteiger partial charge in [-0.2, -0.15) is 0 Å². The minimum Gasteiger partial charge on any atom is -0.504 e. The molecule has 0 radical (unpaired) electrons. The van der Waals surface area contributed by atoms with E-state index in [0.29, 0.717) is 11.3 Å². The van der Waals surface area contributed by atoms with Gasteiger partial charge < -0.3 is 19.9 Å². The lowest BCUT2D eigenvalue weighted by atomic mass is 10.2. The van der Waals surface area contributed by atoms with Crippen molar-refractivity contribution in [3.8, 4) is 11.5 Å². The van der Waals surface area contributed by atoms with Crippen molar-refractivity contribution in [2.24, 2.45) is 0 Å². The first-order valence-corrected chi connectivity index (χ1v) is 7.61. The van der Waals surface area contributed by atoms with Crippen LogP contribution in [0.2, 0.25) is 0 Å². The molecule has 1 amide bonds. The van der Waals surface area contributed by atoms with Crippen molar-refractivity contribution in [1.29, 1.82) is 0 Å². The van der Waals surface area contributed by atoms with E-state index in [2.05, 4.69) is 5.32 Å². The molecule has 0 saturated heterocycles. The van der Waals surface area contributed by atoms with E-state index in [1.54, 1.807) is 18.2 Å². The molecule has 0 saturated carbocycles. The van der Waals surface area contributed by atoms with Crippen LogP contribution in [-0.4, -0.2) is 30.6 Å². The van der Waals surface area contributed by atoms with Crippen LogP contribution >= 0.6 is 0 Å². The van der Waals surface area contributed by atoms with Crippen LogP contribution in [0.4, 0.5) is 0 Å². The summed E-state index contributed by atoms with van der Waals surface area (Å²) in [5.74, 6) is -0.613. The van der Waals surface area contributed by atoms with Crippen molar-refractivity contribution in [3.05, 3.63) is 65.7 Å². The van der Waals surface area contributed by atoms with Gasteiger partial charge in [0.2, 0.25) is 5.91 Å². The second-order valence-corrected chi connectivity index (χ2v) is 5.13. The molecule has 6 nitrogen and oxygen atoms in total. The van der Waals surface area contributed by atoms with E-state index >= 15 is 0 Å². The van der Waals surface area contributed by atoms with Crippen molar-refractivity contribution in [3.63, 3.8) is 0 Å². The predicted octanol–water partition coefficient (Wildman–Crippen LogP) is 2.27.